The first-order chi connectivity index (χ1) is 30.8. The Labute approximate surface area is 356 Å². The van der Waals surface area contributed by atoms with Gasteiger partial charge in [-0.2, -0.15) is 0 Å². The first-order valence-electron chi connectivity index (χ1n) is 21.0. The number of pyridine rings is 1. The zero-order valence-corrected chi connectivity index (χ0v) is 33.4. The second kappa shape index (κ2) is 13.6. The molecule has 9 aromatic carbocycles. The Hall–Kier alpha value is -8.41. The molecule has 0 atom stereocenters. The SMILES string of the molecule is c1ccc(-c2nc(-n3c4ccccc4c4c5ccccc5c(-c5ccc(-c6cc7c(c8ccccc68)c6ccccc6n7-c6cccnc6)cc5)cc43)nc3ccccc23)cc1. The van der Waals surface area contributed by atoms with Crippen LogP contribution in [0.2, 0.25) is 0 Å². The summed E-state index contributed by atoms with van der Waals surface area (Å²) in [5, 5.41) is 10.7. The van der Waals surface area contributed by atoms with Gasteiger partial charge in [0.2, 0.25) is 5.95 Å². The van der Waals surface area contributed by atoms with Crippen molar-refractivity contribution >= 4 is 76.1 Å². The van der Waals surface area contributed by atoms with E-state index in [9.17, 15) is 0 Å². The zero-order chi connectivity index (χ0) is 40.7. The van der Waals surface area contributed by atoms with Gasteiger partial charge in [0.15, 0.2) is 0 Å². The molecule has 0 bridgehead atoms. The molecule has 0 N–H and O–H groups in total. The van der Waals surface area contributed by atoms with E-state index in [0.717, 1.165) is 61.1 Å². The monoisotopic (exact) mass is 789 g/mol. The van der Waals surface area contributed by atoms with Crippen LogP contribution >= 0.6 is 0 Å². The van der Waals surface area contributed by atoms with Crippen LogP contribution in [-0.2, 0) is 0 Å². The number of nitrogens with zero attached hydrogens (tertiary/aromatic N) is 5. The molecule has 0 saturated carbocycles. The molecule has 4 heterocycles. The summed E-state index contributed by atoms with van der Waals surface area (Å²) in [6.45, 7) is 0. The minimum absolute atomic E-state index is 0.649. The zero-order valence-electron chi connectivity index (χ0n) is 33.4. The molecule has 0 saturated heterocycles. The van der Waals surface area contributed by atoms with E-state index in [1.165, 1.54) is 54.2 Å². The van der Waals surface area contributed by atoms with E-state index in [4.69, 9.17) is 9.97 Å². The van der Waals surface area contributed by atoms with E-state index in [2.05, 4.69) is 202 Å². The van der Waals surface area contributed by atoms with Crippen LogP contribution in [0.1, 0.15) is 0 Å². The summed E-state index contributed by atoms with van der Waals surface area (Å²) in [6.07, 6.45) is 3.78. The smallest absolute Gasteiger partial charge is 0.235 e. The fourth-order valence-corrected chi connectivity index (χ4v) is 9.93. The molecule has 0 fully saturated rings. The summed E-state index contributed by atoms with van der Waals surface area (Å²) in [4.78, 5) is 15.1. The van der Waals surface area contributed by atoms with Crippen LogP contribution in [0.5, 0.6) is 0 Å². The molecule has 5 nitrogen and oxygen atoms in total. The van der Waals surface area contributed by atoms with Crippen LogP contribution in [0.4, 0.5) is 0 Å². The lowest BCUT2D eigenvalue weighted by Crippen LogP contribution is -2.03. The summed E-state index contributed by atoms with van der Waals surface area (Å²) >= 11 is 0. The Bertz CT molecular complexity index is 3900. The molecule has 5 heteroatoms. The fourth-order valence-electron chi connectivity index (χ4n) is 9.93. The minimum Gasteiger partial charge on any atom is -0.308 e. The number of rotatable bonds is 5. The van der Waals surface area contributed by atoms with Gasteiger partial charge >= 0.3 is 0 Å². The molecule has 0 aliphatic rings. The topological polar surface area (TPSA) is 48.5 Å². The average molecular weight is 790 g/mol. The highest BCUT2D eigenvalue weighted by molar-refractivity contribution is 6.25. The Kier molecular flexibility index (Phi) is 7.54. The van der Waals surface area contributed by atoms with E-state index in [1.54, 1.807) is 0 Å². The van der Waals surface area contributed by atoms with Crippen LogP contribution in [-0.4, -0.2) is 24.1 Å². The molecule has 0 aliphatic carbocycles. The molecule has 0 spiro atoms. The number of hydrogen-bond donors (Lipinski definition) is 0. The molecule has 0 radical (unpaired) electrons. The first kappa shape index (κ1) is 34.5. The van der Waals surface area contributed by atoms with Crippen LogP contribution in [0.25, 0.3) is 121 Å². The third kappa shape index (κ3) is 5.12. The Balaban J connectivity index is 1.03. The van der Waals surface area contributed by atoms with E-state index < -0.39 is 0 Å². The lowest BCUT2D eigenvalue weighted by molar-refractivity contribution is 1.01. The molecule has 288 valence electrons. The quantitative estimate of drug-likeness (QED) is 0.174. The average Bonchev–Trinajstić information content (AvgIpc) is 3.87. The van der Waals surface area contributed by atoms with Gasteiger partial charge in [0.1, 0.15) is 0 Å². The van der Waals surface area contributed by atoms with E-state index in [-0.39, 0.29) is 0 Å². The lowest BCUT2D eigenvalue weighted by atomic mass is 9.92. The van der Waals surface area contributed by atoms with Crippen LogP contribution in [0, 0.1) is 0 Å². The van der Waals surface area contributed by atoms with Gasteiger partial charge in [-0.25, -0.2) is 9.97 Å². The molecule has 4 aromatic heterocycles. The van der Waals surface area contributed by atoms with Crippen molar-refractivity contribution < 1.29 is 0 Å². The van der Waals surface area contributed by atoms with Crippen molar-refractivity contribution in [2.24, 2.45) is 0 Å². The van der Waals surface area contributed by atoms with Crippen molar-refractivity contribution in [3.8, 4) is 45.1 Å². The summed E-state index contributed by atoms with van der Waals surface area (Å²) < 4.78 is 4.61. The normalized spacial score (nSPS) is 11.9. The van der Waals surface area contributed by atoms with E-state index in [0.29, 0.717) is 5.95 Å². The molecule has 62 heavy (non-hydrogen) atoms. The predicted octanol–water partition coefficient (Wildman–Crippen LogP) is 14.5. The Morgan fingerprint density at radius 3 is 1.44 bits per heavy atom. The second-order valence-electron chi connectivity index (χ2n) is 16.0. The molecule has 13 aromatic rings. The van der Waals surface area contributed by atoms with Crippen LogP contribution in [0.3, 0.4) is 0 Å². The molecule has 0 aliphatic heterocycles. The van der Waals surface area contributed by atoms with Gasteiger partial charge in [-0.15, -0.1) is 0 Å². The van der Waals surface area contributed by atoms with Crippen molar-refractivity contribution in [1.82, 2.24) is 24.1 Å². The van der Waals surface area contributed by atoms with Crippen molar-refractivity contribution in [1.29, 1.82) is 0 Å². The van der Waals surface area contributed by atoms with Crippen LogP contribution < -0.4 is 0 Å². The van der Waals surface area contributed by atoms with Gasteiger partial charge in [0, 0.05) is 38.7 Å². The fraction of sp³-hybridized carbons (Fsp3) is 0. The minimum atomic E-state index is 0.649. The summed E-state index contributed by atoms with van der Waals surface area (Å²) in [5.41, 5.74) is 13.0. The Morgan fingerprint density at radius 1 is 0.339 bits per heavy atom. The number of para-hydroxylation sites is 3. The van der Waals surface area contributed by atoms with Gasteiger partial charge < -0.3 is 4.57 Å². The third-order valence-electron chi connectivity index (χ3n) is 12.6. The van der Waals surface area contributed by atoms with Crippen molar-refractivity contribution in [2.75, 3.05) is 0 Å². The first-order valence-corrected chi connectivity index (χ1v) is 21.0. The number of fused-ring (bicyclic) bond motifs is 11. The number of aromatic nitrogens is 5. The van der Waals surface area contributed by atoms with Gasteiger partial charge in [-0.05, 0) is 86.3 Å². The molecule has 0 amide bonds. The van der Waals surface area contributed by atoms with Gasteiger partial charge in [0.25, 0.3) is 0 Å². The number of benzene rings is 9. The third-order valence-corrected chi connectivity index (χ3v) is 12.6. The van der Waals surface area contributed by atoms with Crippen molar-refractivity contribution in [2.45, 2.75) is 0 Å². The predicted molar refractivity (Wildman–Crippen MR) is 257 cm³/mol. The van der Waals surface area contributed by atoms with Gasteiger partial charge in [-0.1, -0.05) is 158 Å². The molecule has 0 unspecified atom stereocenters. The Morgan fingerprint density at radius 2 is 0.839 bits per heavy atom. The lowest BCUT2D eigenvalue weighted by Gasteiger charge is -2.14. The summed E-state index contributed by atoms with van der Waals surface area (Å²) in [7, 11) is 0. The largest absolute Gasteiger partial charge is 0.308 e. The maximum absolute atomic E-state index is 5.37. The highest BCUT2D eigenvalue weighted by atomic mass is 15.2. The standard InChI is InChI=1S/C57H35N5/c1-2-15-38(16-3-1)56-44-22-8-11-25-49(44)59-57(60-56)62-51-27-13-10-24-46(51)55-43-21-7-5-19-41(43)48(34-53(55)62)37-30-28-36(29-31-37)47-33-52-54(42-20-6-4-18-40(42)47)45-23-9-12-26-50(45)61(52)39-17-14-32-58-35-39/h1-35H. The summed E-state index contributed by atoms with van der Waals surface area (Å²) in [5.74, 6) is 0.649. The van der Waals surface area contributed by atoms with E-state index in [1.807, 2.05) is 24.5 Å². The molecular weight excluding hydrogens is 755 g/mol. The van der Waals surface area contributed by atoms with Crippen molar-refractivity contribution in [3.05, 3.63) is 213 Å². The van der Waals surface area contributed by atoms with Crippen LogP contribution in [0.15, 0.2) is 213 Å². The van der Waals surface area contributed by atoms with Gasteiger partial charge in [-0.3, -0.25) is 9.55 Å². The van der Waals surface area contributed by atoms with Gasteiger partial charge in [0.05, 0.1) is 45.2 Å². The maximum atomic E-state index is 5.37. The molecular formula is C57H35N5. The van der Waals surface area contributed by atoms with E-state index >= 15 is 0 Å². The highest BCUT2D eigenvalue weighted by Gasteiger charge is 2.22. The highest BCUT2D eigenvalue weighted by Crippen LogP contribution is 2.44. The second-order valence-corrected chi connectivity index (χ2v) is 16.0. The number of hydrogen-bond acceptors (Lipinski definition) is 3. The summed E-state index contributed by atoms with van der Waals surface area (Å²) in [6, 6.07) is 71.7. The van der Waals surface area contributed by atoms with Crippen molar-refractivity contribution in [3.63, 3.8) is 0 Å². The maximum Gasteiger partial charge on any atom is 0.235 e. The molecule has 13 rings (SSSR count).